The van der Waals surface area contributed by atoms with Crippen molar-refractivity contribution >= 4 is 65.0 Å². The number of carboxylic acid groups (broad SMARTS) is 1. The van der Waals surface area contributed by atoms with Crippen LogP contribution in [0, 0.1) is 23.7 Å². The van der Waals surface area contributed by atoms with Gasteiger partial charge in [-0.1, -0.05) is 68.2 Å². The van der Waals surface area contributed by atoms with Crippen molar-refractivity contribution in [2.24, 2.45) is 46.6 Å². The van der Waals surface area contributed by atoms with Crippen LogP contribution in [0.2, 0.25) is 0 Å². The van der Waals surface area contributed by atoms with Gasteiger partial charge in [-0.05, 0) is 76.2 Å². The maximum absolute atomic E-state index is 14.2. The second-order valence-electron chi connectivity index (χ2n) is 18.6. The summed E-state index contributed by atoms with van der Waals surface area (Å²) in [5, 5.41) is 40.6. The standard InChI is InChI=1S/C45H82N12O13/c1-11-23(7)34(42(66)54-33(22(5)6)41(65)52-29(16-17-31(48)59)39(63)53-30(45(69)70)19-21(3)4)55-43(67)35(24(8)12-2)56-44(68)36(26(10)58)57-40(64)28(15-13-14-18-46)51-37(61)25(9)50-38(62)27(47)20-32(49)60/h21-30,33-36,58H,11-20,46-47H2,1-10H3,(H2,48,59)(H2,49,60)(H,50,62)(H,51,61)(H,52,65)(H,53,63)(H,54,66)(H,55,67)(H,56,68)(H,57,64)(H,69,70)/t23-,24-,25-,26+,27-,28-,29-,30-,33-,34-,35-,36-/m0/s1. The molecule has 0 aromatic carbocycles. The summed E-state index contributed by atoms with van der Waals surface area (Å²) >= 11 is 0. The Balaban J connectivity index is 6.51. The zero-order valence-corrected chi connectivity index (χ0v) is 42.3. The van der Waals surface area contributed by atoms with Crippen molar-refractivity contribution in [1.82, 2.24) is 42.5 Å². The Morgan fingerprint density at radius 3 is 1.36 bits per heavy atom. The number of rotatable bonds is 34. The van der Waals surface area contributed by atoms with E-state index in [4.69, 9.17) is 22.9 Å². The largest absolute Gasteiger partial charge is 0.480 e. The minimum atomic E-state index is -1.68. The lowest BCUT2D eigenvalue weighted by atomic mass is 9.93. The molecule has 0 radical (unpaired) electrons. The molecule has 12 atom stereocenters. The average Bonchev–Trinajstić information content (AvgIpc) is 3.27. The van der Waals surface area contributed by atoms with E-state index >= 15 is 0 Å². The average molecular weight is 999 g/mol. The Hall–Kier alpha value is -5.95. The molecule has 0 aliphatic rings. The number of carbonyl (C=O) groups excluding carboxylic acids is 10. The fourth-order valence-electron chi connectivity index (χ4n) is 6.86. The smallest absolute Gasteiger partial charge is 0.326 e. The summed E-state index contributed by atoms with van der Waals surface area (Å²) in [6, 6.07) is -12.2. The highest BCUT2D eigenvalue weighted by Gasteiger charge is 2.38. The molecule has 0 aromatic heterocycles. The molecule has 25 heteroatoms. The van der Waals surface area contributed by atoms with Gasteiger partial charge in [-0.25, -0.2) is 4.79 Å². The van der Waals surface area contributed by atoms with Crippen molar-refractivity contribution in [3.05, 3.63) is 0 Å². The Kier molecular flexibility index (Phi) is 29.3. The number of carboxylic acids is 1. The molecule has 70 heavy (non-hydrogen) atoms. The van der Waals surface area contributed by atoms with Crippen molar-refractivity contribution in [3.63, 3.8) is 0 Å². The molecule has 0 heterocycles. The van der Waals surface area contributed by atoms with Crippen LogP contribution in [0.25, 0.3) is 0 Å². The number of hydrogen-bond donors (Lipinski definition) is 14. The summed E-state index contributed by atoms with van der Waals surface area (Å²) in [5.74, 6) is -11.7. The first-order chi connectivity index (χ1) is 32.5. The third-order valence-corrected chi connectivity index (χ3v) is 11.6. The first-order valence-electron chi connectivity index (χ1n) is 23.9. The van der Waals surface area contributed by atoms with E-state index in [1.165, 1.54) is 13.8 Å². The topological polar surface area (TPSA) is 429 Å². The molecule has 0 fully saturated rings. The maximum atomic E-state index is 14.2. The van der Waals surface area contributed by atoms with E-state index in [1.54, 1.807) is 55.4 Å². The van der Waals surface area contributed by atoms with Gasteiger partial charge in [-0.2, -0.15) is 0 Å². The second kappa shape index (κ2) is 32.0. The fraction of sp³-hybridized carbons (Fsp3) is 0.756. The van der Waals surface area contributed by atoms with E-state index in [2.05, 4.69) is 42.5 Å². The van der Waals surface area contributed by atoms with Crippen LogP contribution in [0.3, 0.4) is 0 Å². The third-order valence-electron chi connectivity index (χ3n) is 11.6. The number of amides is 10. The number of primary amides is 2. The van der Waals surface area contributed by atoms with Crippen LogP contribution < -0.4 is 65.5 Å². The van der Waals surface area contributed by atoms with Gasteiger partial charge in [0.1, 0.15) is 48.3 Å². The number of unbranched alkanes of at least 4 members (excludes halogenated alkanes) is 1. The molecule has 0 rings (SSSR count). The van der Waals surface area contributed by atoms with Crippen LogP contribution in [0.1, 0.15) is 127 Å². The predicted octanol–water partition coefficient (Wildman–Crippen LogP) is -3.26. The molecule has 0 bridgehead atoms. The van der Waals surface area contributed by atoms with Crippen molar-refractivity contribution in [1.29, 1.82) is 0 Å². The number of aliphatic hydroxyl groups is 1. The lowest BCUT2D eigenvalue weighted by Crippen LogP contribution is -2.63. The molecule has 0 aliphatic heterocycles. The summed E-state index contributed by atoms with van der Waals surface area (Å²) in [5.41, 5.74) is 21.7. The van der Waals surface area contributed by atoms with E-state index in [1.807, 2.05) is 0 Å². The zero-order chi connectivity index (χ0) is 54.2. The van der Waals surface area contributed by atoms with Crippen LogP contribution in [-0.2, 0) is 52.7 Å². The van der Waals surface area contributed by atoms with Crippen LogP contribution >= 0.6 is 0 Å². The number of nitrogens with one attached hydrogen (secondary N) is 8. The summed E-state index contributed by atoms with van der Waals surface area (Å²) in [4.78, 5) is 143. The summed E-state index contributed by atoms with van der Waals surface area (Å²) in [6.45, 7) is 16.3. The van der Waals surface area contributed by atoms with Crippen molar-refractivity contribution in [2.75, 3.05) is 6.54 Å². The molecule has 400 valence electrons. The number of nitrogens with two attached hydrogens (primary N) is 4. The second-order valence-corrected chi connectivity index (χ2v) is 18.6. The number of aliphatic hydroxyl groups excluding tert-OH is 1. The summed E-state index contributed by atoms with van der Waals surface area (Å²) < 4.78 is 0. The molecule has 0 unspecified atom stereocenters. The highest BCUT2D eigenvalue weighted by Crippen LogP contribution is 2.15. The number of hydrogen-bond acceptors (Lipinski definition) is 14. The quantitative estimate of drug-likeness (QED) is 0.0282. The Bertz CT molecular complexity index is 1800. The van der Waals surface area contributed by atoms with E-state index < -0.39 is 150 Å². The van der Waals surface area contributed by atoms with Crippen molar-refractivity contribution in [2.45, 2.75) is 188 Å². The zero-order valence-electron chi connectivity index (χ0n) is 42.3. The predicted molar refractivity (Wildman–Crippen MR) is 257 cm³/mol. The van der Waals surface area contributed by atoms with Crippen molar-refractivity contribution in [3.8, 4) is 0 Å². The molecule has 25 nitrogen and oxygen atoms in total. The van der Waals surface area contributed by atoms with Gasteiger partial charge >= 0.3 is 5.97 Å². The maximum Gasteiger partial charge on any atom is 0.326 e. The van der Waals surface area contributed by atoms with Crippen LogP contribution in [0.4, 0.5) is 0 Å². The number of aliphatic carboxylic acids is 1. The molecule has 0 spiro atoms. The highest BCUT2D eigenvalue weighted by atomic mass is 16.4. The van der Waals surface area contributed by atoms with Crippen molar-refractivity contribution < 1.29 is 63.0 Å². The van der Waals surface area contributed by atoms with E-state index in [0.717, 1.165) is 0 Å². The molecule has 0 saturated carbocycles. The van der Waals surface area contributed by atoms with Crippen LogP contribution in [-0.4, -0.2) is 142 Å². The third kappa shape index (κ3) is 23.1. The first kappa shape index (κ1) is 64.0. The van der Waals surface area contributed by atoms with Gasteiger partial charge in [0, 0.05) is 6.42 Å². The minimum Gasteiger partial charge on any atom is -0.480 e. The van der Waals surface area contributed by atoms with Gasteiger partial charge in [-0.3, -0.25) is 47.9 Å². The summed E-state index contributed by atoms with van der Waals surface area (Å²) in [6.07, 6.45) is -1.08. The van der Waals surface area contributed by atoms with Gasteiger partial charge in [-0.15, -0.1) is 0 Å². The lowest BCUT2D eigenvalue weighted by molar-refractivity contribution is -0.143. The van der Waals surface area contributed by atoms with E-state index in [9.17, 15) is 63.0 Å². The highest BCUT2D eigenvalue weighted by molar-refractivity contribution is 5.98. The SMILES string of the molecule is CC[C@H](C)[C@H](NC(=O)[C@@H](NC(=O)[C@H](CCCCN)NC(=O)[C@H](C)NC(=O)[C@@H](N)CC(N)=O)[C@@H](C)O)C(=O)N[C@H](C(=O)N[C@H](C(=O)N[C@@H](CCC(N)=O)C(=O)N[C@@H](CC(C)C)C(=O)O)C(C)C)[C@@H](C)CC. The molecule has 10 amide bonds. The van der Waals surface area contributed by atoms with Gasteiger partial charge in [0.2, 0.25) is 59.1 Å². The minimum absolute atomic E-state index is 0.0257. The molecule has 0 saturated heterocycles. The van der Waals surface area contributed by atoms with E-state index in [0.29, 0.717) is 25.7 Å². The lowest BCUT2D eigenvalue weighted by Gasteiger charge is -2.32. The normalized spacial score (nSPS) is 16.4. The van der Waals surface area contributed by atoms with Gasteiger partial charge in [0.25, 0.3) is 0 Å². The van der Waals surface area contributed by atoms with Crippen LogP contribution in [0.15, 0.2) is 0 Å². The summed E-state index contributed by atoms with van der Waals surface area (Å²) in [7, 11) is 0. The van der Waals surface area contributed by atoms with E-state index in [-0.39, 0.29) is 38.1 Å². The number of carbonyl (C=O) groups is 11. The molecule has 0 aliphatic carbocycles. The molecule has 18 N–H and O–H groups in total. The Morgan fingerprint density at radius 2 is 0.929 bits per heavy atom. The van der Waals surface area contributed by atoms with Gasteiger partial charge < -0.3 is 75.7 Å². The first-order valence-corrected chi connectivity index (χ1v) is 23.9. The van der Waals surface area contributed by atoms with Gasteiger partial charge in [0.05, 0.1) is 18.6 Å². The Morgan fingerprint density at radius 1 is 0.500 bits per heavy atom. The van der Waals surface area contributed by atoms with Gasteiger partial charge in [0.15, 0.2) is 0 Å². The molecular formula is C45H82N12O13. The monoisotopic (exact) mass is 999 g/mol. The molecular weight excluding hydrogens is 917 g/mol. The molecule has 0 aromatic rings. The van der Waals surface area contributed by atoms with Crippen LogP contribution in [0.5, 0.6) is 0 Å². The fourth-order valence-corrected chi connectivity index (χ4v) is 6.86. The Labute approximate surface area is 410 Å².